The summed E-state index contributed by atoms with van der Waals surface area (Å²) in [5, 5.41) is 12.3. The Morgan fingerprint density at radius 3 is 2.59 bits per heavy atom. The quantitative estimate of drug-likeness (QED) is 0.599. The van der Waals surface area contributed by atoms with Gasteiger partial charge in [0.15, 0.2) is 0 Å². The highest BCUT2D eigenvalue weighted by molar-refractivity contribution is 5.95. The summed E-state index contributed by atoms with van der Waals surface area (Å²) in [6.45, 7) is 10.9. The second kappa shape index (κ2) is 9.69. The van der Waals surface area contributed by atoms with Crippen molar-refractivity contribution >= 4 is 11.6 Å². The van der Waals surface area contributed by atoms with Gasteiger partial charge >= 0.3 is 0 Å². The second-order valence-corrected chi connectivity index (χ2v) is 8.86. The molecule has 1 fully saturated rings. The SMILES string of the molecule is CCCn1cc(CN2CCCCC2C(=O)Nc2ccc(-n3nc(C)cc3C)cc2)c(C)n1. The molecule has 4 rings (SSSR count). The van der Waals surface area contributed by atoms with Crippen molar-refractivity contribution in [2.24, 2.45) is 0 Å². The Morgan fingerprint density at radius 1 is 1.12 bits per heavy atom. The van der Waals surface area contributed by atoms with Gasteiger partial charge in [0.1, 0.15) is 0 Å². The molecule has 1 amide bonds. The van der Waals surface area contributed by atoms with Crippen molar-refractivity contribution in [2.75, 3.05) is 11.9 Å². The fourth-order valence-corrected chi connectivity index (χ4v) is 4.56. The maximum absolute atomic E-state index is 13.2. The van der Waals surface area contributed by atoms with Crippen LogP contribution in [0, 0.1) is 20.8 Å². The highest BCUT2D eigenvalue weighted by Crippen LogP contribution is 2.23. The van der Waals surface area contributed by atoms with E-state index in [1.54, 1.807) is 0 Å². The molecule has 1 aliphatic rings. The predicted octanol–water partition coefficient (Wildman–Crippen LogP) is 4.40. The number of aryl methyl sites for hydroxylation is 4. The van der Waals surface area contributed by atoms with Crippen molar-refractivity contribution in [3.05, 3.63) is 59.2 Å². The van der Waals surface area contributed by atoms with Gasteiger partial charge in [-0.1, -0.05) is 13.3 Å². The molecular weight excluding hydrogens is 400 g/mol. The number of anilines is 1. The molecule has 32 heavy (non-hydrogen) atoms. The predicted molar refractivity (Wildman–Crippen MR) is 127 cm³/mol. The molecule has 7 heteroatoms. The molecule has 1 aromatic carbocycles. The number of nitrogens with one attached hydrogen (secondary N) is 1. The molecule has 0 radical (unpaired) electrons. The van der Waals surface area contributed by atoms with Crippen LogP contribution in [0.5, 0.6) is 0 Å². The Bertz CT molecular complexity index is 1060. The molecule has 1 aliphatic heterocycles. The number of hydrogen-bond acceptors (Lipinski definition) is 4. The Kier molecular flexibility index (Phi) is 6.74. The minimum absolute atomic E-state index is 0.0715. The van der Waals surface area contributed by atoms with E-state index in [2.05, 4.69) is 46.5 Å². The Morgan fingerprint density at radius 2 is 1.91 bits per heavy atom. The Hall–Kier alpha value is -2.93. The highest BCUT2D eigenvalue weighted by Gasteiger charge is 2.29. The monoisotopic (exact) mass is 434 g/mol. The van der Waals surface area contributed by atoms with E-state index < -0.39 is 0 Å². The molecule has 1 unspecified atom stereocenters. The van der Waals surface area contributed by atoms with Crippen molar-refractivity contribution in [1.29, 1.82) is 0 Å². The first-order chi connectivity index (χ1) is 15.4. The third-order valence-electron chi connectivity index (χ3n) is 6.18. The average Bonchev–Trinajstić information content (AvgIpc) is 3.29. The van der Waals surface area contributed by atoms with Gasteiger partial charge in [0, 0.05) is 36.2 Å². The minimum atomic E-state index is -0.117. The Balaban J connectivity index is 1.43. The minimum Gasteiger partial charge on any atom is -0.325 e. The lowest BCUT2D eigenvalue weighted by Crippen LogP contribution is -2.46. The van der Waals surface area contributed by atoms with Crippen LogP contribution < -0.4 is 5.32 Å². The van der Waals surface area contributed by atoms with Crippen LogP contribution in [0.3, 0.4) is 0 Å². The van der Waals surface area contributed by atoms with E-state index in [1.807, 2.05) is 47.5 Å². The van der Waals surface area contributed by atoms with Crippen LogP contribution in [0.2, 0.25) is 0 Å². The van der Waals surface area contributed by atoms with E-state index in [4.69, 9.17) is 0 Å². The lowest BCUT2D eigenvalue weighted by molar-refractivity contribution is -0.122. The summed E-state index contributed by atoms with van der Waals surface area (Å²) in [5.74, 6) is 0.0715. The number of benzene rings is 1. The summed E-state index contributed by atoms with van der Waals surface area (Å²) in [6, 6.07) is 9.85. The first-order valence-electron chi connectivity index (χ1n) is 11.7. The number of aromatic nitrogens is 4. The first kappa shape index (κ1) is 22.3. The van der Waals surface area contributed by atoms with Crippen molar-refractivity contribution in [3.8, 4) is 5.69 Å². The van der Waals surface area contributed by atoms with Crippen LogP contribution in [-0.2, 0) is 17.9 Å². The van der Waals surface area contributed by atoms with Gasteiger partial charge in [-0.2, -0.15) is 10.2 Å². The third-order valence-corrected chi connectivity index (χ3v) is 6.18. The lowest BCUT2D eigenvalue weighted by Gasteiger charge is -2.34. The van der Waals surface area contributed by atoms with Gasteiger partial charge in [0.05, 0.1) is 23.1 Å². The van der Waals surface area contributed by atoms with Gasteiger partial charge < -0.3 is 5.32 Å². The smallest absolute Gasteiger partial charge is 0.241 e. The average molecular weight is 435 g/mol. The normalized spacial score (nSPS) is 16.9. The molecule has 1 N–H and O–H groups in total. The van der Waals surface area contributed by atoms with Crippen LogP contribution in [0.25, 0.3) is 5.69 Å². The standard InChI is InChI=1S/C25H34N6O/c1-5-13-30-17-21(20(4)28-30)16-29-14-7-6-8-24(29)25(32)26-22-9-11-23(12-10-22)31-19(3)15-18(2)27-31/h9-12,15,17,24H,5-8,13-14,16H2,1-4H3,(H,26,32). The van der Waals surface area contributed by atoms with E-state index in [1.165, 1.54) is 5.56 Å². The molecule has 1 saturated heterocycles. The maximum atomic E-state index is 13.2. The van der Waals surface area contributed by atoms with Crippen molar-refractivity contribution in [2.45, 2.75) is 72.5 Å². The Labute approximate surface area is 190 Å². The molecule has 1 atom stereocenters. The third kappa shape index (κ3) is 4.93. The summed E-state index contributed by atoms with van der Waals surface area (Å²) < 4.78 is 3.94. The van der Waals surface area contributed by atoms with Gasteiger partial charge in [0.2, 0.25) is 5.91 Å². The van der Waals surface area contributed by atoms with E-state index in [-0.39, 0.29) is 11.9 Å². The maximum Gasteiger partial charge on any atom is 0.241 e. The second-order valence-electron chi connectivity index (χ2n) is 8.86. The number of hydrogen-bond donors (Lipinski definition) is 1. The van der Waals surface area contributed by atoms with Gasteiger partial charge in [-0.3, -0.25) is 14.4 Å². The van der Waals surface area contributed by atoms with Crippen molar-refractivity contribution in [1.82, 2.24) is 24.5 Å². The summed E-state index contributed by atoms with van der Waals surface area (Å²) in [7, 11) is 0. The lowest BCUT2D eigenvalue weighted by atomic mass is 10.0. The summed E-state index contributed by atoms with van der Waals surface area (Å²) >= 11 is 0. The summed E-state index contributed by atoms with van der Waals surface area (Å²) in [6.07, 6.45) is 6.30. The highest BCUT2D eigenvalue weighted by atomic mass is 16.2. The zero-order valence-corrected chi connectivity index (χ0v) is 19.6. The first-order valence-corrected chi connectivity index (χ1v) is 11.7. The topological polar surface area (TPSA) is 68.0 Å². The largest absolute Gasteiger partial charge is 0.325 e. The number of rotatable bonds is 7. The van der Waals surface area contributed by atoms with Crippen LogP contribution in [0.15, 0.2) is 36.5 Å². The molecule has 170 valence electrons. The summed E-state index contributed by atoms with van der Waals surface area (Å²) in [4.78, 5) is 15.5. The number of piperidine rings is 1. The molecule has 3 heterocycles. The van der Waals surface area contributed by atoms with E-state index in [0.29, 0.717) is 0 Å². The molecule has 0 spiro atoms. The van der Waals surface area contributed by atoms with E-state index in [9.17, 15) is 4.79 Å². The zero-order valence-electron chi connectivity index (χ0n) is 19.6. The zero-order chi connectivity index (χ0) is 22.7. The van der Waals surface area contributed by atoms with Gasteiger partial charge in [-0.25, -0.2) is 4.68 Å². The van der Waals surface area contributed by atoms with Crippen LogP contribution >= 0.6 is 0 Å². The van der Waals surface area contributed by atoms with Crippen LogP contribution in [-0.4, -0.2) is 43.0 Å². The number of amides is 1. The molecule has 0 bridgehead atoms. The molecule has 7 nitrogen and oxygen atoms in total. The number of nitrogens with zero attached hydrogens (tertiary/aromatic N) is 5. The number of carbonyl (C=O) groups excluding carboxylic acids is 1. The molecule has 3 aromatic rings. The molecular formula is C25H34N6O. The molecule has 2 aromatic heterocycles. The number of likely N-dealkylation sites (tertiary alicyclic amines) is 1. The molecule has 0 aliphatic carbocycles. The molecule has 0 saturated carbocycles. The van der Waals surface area contributed by atoms with Crippen LogP contribution in [0.4, 0.5) is 5.69 Å². The van der Waals surface area contributed by atoms with E-state index >= 15 is 0 Å². The van der Waals surface area contributed by atoms with Gasteiger partial charge in [-0.05, 0) is 76.9 Å². The fraction of sp³-hybridized carbons (Fsp3) is 0.480. The van der Waals surface area contributed by atoms with Crippen molar-refractivity contribution < 1.29 is 4.79 Å². The fourth-order valence-electron chi connectivity index (χ4n) is 4.56. The van der Waals surface area contributed by atoms with Crippen LogP contribution in [0.1, 0.15) is 55.3 Å². The van der Waals surface area contributed by atoms with Gasteiger partial charge in [0.25, 0.3) is 0 Å². The number of carbonyl (C=O) groups is 1. The summed E-state index contributed by atoms with van der Waals surface area (Å²) in [5.41, 5.74) is 6.17. The van der Waals surface area contributed by atoms with E-state index in [0.717, 1.165) is 73.8 Å². The van der Waals surface area contributed by atoms with Gasteiger partial charge in [-0.15, -0.1) is 0 Å². The van der Waals surface area contributed by atoms with Crippen molar-refractivity contribution in [3.63, 3.8) is 0 Å².